The number of halogens is 2. The first kappa shape index (κ1) is 18.4. The lowest BCUT2D eigenvalue weighted by molar-refractivity contribution is -0.134. The molecule has 0 bridgehead atoms. The third kappa shape index (κ3) is 5.93. The molecule has 108 valence electrons. The lowest BCUT2D eigenvalue weighted by atomic mass is 10.0. The van der Waals surface area contributed by atoms with Crippen molar-refractivity contribution in [2.45, 2.75) is 26.3 Å². The lowest BCUT2D eigenvalue weighted by Crippen LogP contribution is -2.40. The van der Waals surface area contributed by atoms with Gasteiger partial charge in [-0.2, -0.15) is 0 Å². The summed E-state index contributed by atoms with van der Waals surface area (Å²) in [6.07, 6.45) is 0.862. The van der Waals surface area contributed by atoms with Crippen LogP contribution in [0, 0.1) is 5.92 Å². The standard InChI is InChI=1S/C14H21BrN2O.ClH/c1-10(11(2)16)14(18)17(3)9-8-12-4-6-13(15)7-5-12;/h4-7,10-11H,8-9,16H2,1-3H3;1H. The van der Waals surface area contributed by atoms with Crippen molar-refractivity contribution >= 4 is 34.2 Å². The van der Waals surface area contributed by atoms with Crippen molar-refractivity contribution in [2.75, 3.05) is 13.6 Å². The molecule has 0 fully saturated rings. The zero-order chi connectivity index (χ0) is 13.7. The molecule has 5 heteroatoms. The molecule has 1 amide bonds. The van der Waals surface area contributed by atoms with Crippen LogP contribution in [0.3, 0.4) is 0 Å². The Morgan fingerprint density at radius 2 is 1.84 bits per heavy atom. The van der Waals surface area contributed by atoms with Crippen LogP contribution in [0.2, 0.25) is 0 Å². The van der Waals surface area contributed by atoms with Crippen LogP contribution in [0.4, 0.5) is 0 Å². The molecule has 0 radical (unpaired) electrons. The van der Waals surface area contributed by atoms with E-state index in [9.17, 15) is 4.79 Å². The smallest absolute Gasteiger partial charge is 0.226 e. The Morgan fingerprint density at radius 3 is 2.32 bits per heavy atom. The van der Waals surface area contributed by atoms with E-state index in [1.807, 2.05) is 33.0 Å². The van der Waals surface area contributed by atoms with Crippen LogP contribution in [0.15, 0.2) is 28.7 Å². The number of nitrogens with zero attached hydrogens (tertiary/aromatic N) is 1. The largest absolute Gasteiger partial charge is 0.345 e. The summed E-state index contributed by atoms with van der Waals surface area (Å²) in [4.78, 5) is 13.8. The van der Waals surface area contributed by atoms with Crippen LogP contribution in [-0.2, 0) is 11.2 Å². The van der Waals surface area contributed by atoms with Gasteiger partial charge in [0.25, 0.3) is 0 Å². The summed E-state index contributed by atoms with van der Waals surface area (Å²) in [6.45, 7) is 4.46. The quantitative estimate of drug-likeness (QED) is 0.888. The summed E-state index contributed by atoms with van der Waals surface area (Å²) >= 11 is 3.41. The second kappa shape index (κ2) is 8.56. The van der Waals surface area contributed by atoms with Gasteiger partial charge in [0.2, 0.25) is 5.91 Å². The predicted octanol–water partition coefficient (Wildman–Crippen LogP) is 2.86. The van der Waals surface area contributed by atoms with E-state index in [0.29, 0.717) is 0 Å². The molecule has 3 nitrogen and oxygen atoms in total. The topological polar surface area (TPSA) is 46.3 Å². The van der Waals surface area contributed by atoms with Crippen molar-refractivity contribution in [3.05, 3.63) is 34.3 Å². The molecule has 1 aromatic carbocycles. The first-order valence-electron chi connectivity index (χ1n) is 6.17. The van der Waals surface area contributed by atoms with Crippen molar-refractivity contribution in [1.29, 1.82) is 0 Å². The fourth-order valence-electron chi connectivity index (χ4n) is 1.63. The Labute approximate surface area is 130 Å². The van der Waals surface area contributed by atoms with E-state index in [1.165, 1.54) is 5.56 Å². The Balaban J connectivity index is 0.00000324. The van der Waals surface area contributed by atoms with Crippen LogP contribution in [0.1, 0.15) is 19.4 Å². The summed E-state index contributed by atoms with van der Waals surface area (Å²) in [5.74, 6) is -0.0120. The van der Waals surface area contributed by atoms with E-state index >= 15 is 0 Å². The SMILES string of the molecule is CC(N)C(C)C(=O)N(C)CCc1ccc(Br)cc1.Cl. The lowest BCUT2D eigenvalue weighted by Gasteiger charge is -2.23. The second-order valence-corrected chi connectivity index (χ2v) is 5.70. The minimum atomic E-state index is -0.125. The van der Waals surface area contributed by atoms with Gasteiger partial charge in [-0.05, 0) is 31.0 Å². The summed E-state index contributed by atoms with van der Waals surface area (Å²) in [7, 11) is 1.83. The van der Waals surface area contributed by atoms with E-state index in [2.05, 4.69) is 28.1 Å². The number of likely N-dealkylation sites (N-methyl/N-ethyl adjacent to an activating group) is 1. The number of rotatable bonds is 5. The zero-order valence-corrected chi connectivity index (χ0v) is 14.0. The summed E-state index contributed by atoms with van der Waals surface area (Å²) in [5, 5.41) is 0. The summed E-state index contributed by atoms with van der Waals surface area (Å²) < 4.78 is 1.07. The van der Waals surface area contributed by atoms with Crippen LogP contribution >= 0.6 is 28.3 Å². The van der Waals surface area contributed by atoms with Crippen LogP contribution in [0.5, 0.6) is 0 Å². The van der Waals surface area contributed by atoms with Gasteiger partial charge in [-0.1, -0.05) is 35.0 Å². The molecule has 0 heterocycles. The number of hydrogen-bond acceptors (Lipinski definition) is 2. The number of hydrogen-bond donors (Lipinski definition) is 1. The zero-order valence-electron chi connectivity index (χ0n) is 11.6. The molecule has 0 aliphatic carbocycles. The molecule has 1 aromatic rings. The highest BCUT2D eigenvalue weighted by Gasteiger charge is 2.20. The van der Waals surface area contributed by atoms with Crippen LogP contribution in [-0.4, -0.2) is 30.4 Å². The van der Waals surface area contributed by atoms with Gasteiger partial charge in [-0.15, -0.1) is 12.4 Å². The Hall–Kier alpha value is -0.580. The number of amides is 1. The van der Waals surface area contributed by atoms with E-state index in [-0.39, 0.29) is 30.3 Å². The van der Waals surface area contributed by atoms with E-state index in [1.54, 1.807) is 4.90 Å². The third-order valence-electron chi connectivity index (χ3n) is 3.20. The second-order valence-electron chi connectivity index (χ2n) is 4.78. The molecule has 2 unspecified atom stereocenters. The van der Waals surface area contributed by atoms with Gasteiger partial charge in [-0.3, -0.25) is 4.79 Å². The van der Waals surface area contributed by atoms with E-state index in [4.69, 9.17) is 5.73 Å². The van der Waals surface area contributed by atoms with Gasteiger partial charge in [0.05, 0.1) is 5.92 Å². The molecule has 2 N–H and O–H groups in total. The van der Waals surface area contributed by atoms with Gasteiger partial charge in [-0.25, -0.2) is 0 Å². The van der Waals surface area contributed by atoms with Crippen LogP contribution in [0.25, 0.3) is 0 Å². The minimum absolute atomic E-state index is 0. The van der Waals surface area contributed by atoms with E-state index < -0.39 is 0 Å². The van der Waals surface area contributed by atoms with Crippen molar-refractivity contribution in [1.82, 2.24) is 4.90 Å². The number of benzene rings is 1. The van der Waals surface area contributed by atoms with Gasteiger partial charge < -0.3 is 10.6 Å². The third-order valence-corrected chi connectivity index (χ3v) is 3.73. The minimum Gasteiger partial charge on any atom is -0.345 e. The van der Waals surface area contributed by atoms with Crippen molar-refractivity contribution in [2.24, 2.45) is 11.7 Å². The molecular weight excluding hydrogens is 328 g/mol. The molecular formula is C14H22BrClN2O. The first-order valence-corrected chi connectivity index (χ1v) is 6.96. The molecule has 0 saturated heterocycles. The molecule has 0 aliphatic heterocycles. The average Bonchev–Trinajstić information content (AvgIpc) is 2.35. The molecule has 19 heavy (non-hydrogen) atoms. The summed E-state index contributed by atoms with van der Waals surface area (Å²) in [6, 6.07) is 8.06. The Bertz CT molecular complexity index is 395. The average molecular weight is 350 g/mol. The monoisotopic (exact) mass is 348 g/mol. The number of carbonyl (C=O) groups is 1. The highest BCUT2D eigenvalue weighted by Crippen LogP contribution is 2.12. The summed E-state index contributed by atoms with van der Waals surface area (Å²) in [5.41, 5.74) is 6.97. The van der Waals surface area contributed by atoms with Gasteiger partial charge in [0, 0.05) is 24.1 Å². The number of carbonyl (C=O) groups excluding carboxylic acids is 1. The molecule has 0 saturated carbocycles. The highest BCUT2D eigenvalue weighted by molar-refractivity contribution is 9.10. The van der Waals surface area contributed by atoms with Gasteiger partial charge in [0.15, 0.2) is 0 Å². The fourth-order valence-corrected chi connectivity index (χ4v) is 1.89. The van der Waals surface area contributed by atoms with Crippen LogP contribution < -0.4 is 5.73 Å². The maximum absolute atomic E-state index is 12.0. The van der Waals surface area contributed by atoms with Crippen molar-refractivity contribution in [3.8, 4) is 0 Å². The number of nitrogens with two attached hydrogens (primary N) is 1. The highest BCUT2D eigenvalue weighted by atomic mass is 79.9. The first-order chi connectivity index (χ1) is 8.41. The van der Waals surface area contributed by atoms with E-state index in [0.717, 1.165) is 17.4 Å². The Morgan fingerprint density at radius 1 is 1.32 bits per heavy atom. The molecule has 2 atom stereocenters. The van der Waals surface area contributed by atoms with Gasteiger partial charge >= 0.3 is 0 Å². The van der Waals surface area contributed by atoms with Gasteiger partial charge in [0.1, 0.15) is 0 Å². The molecule has 0 spiro atoms. The molecule has 1 rings (SSSR count). The van der Waals surface area contributed by atoms with Crippen molar-refractivity contribution in [3.63, 3.8) is 0 Å². The molecule has 0 aliphatic rings. The van der Waals surface area contributed by atoms with Crippen molar-refractivity contribution < 1.29 is 4.79 Å². The Kier molecular flexibility index (Phi) is 8.30. The maximum atomic E-state index is 12.0. The molecule has 0 aromatic heterocycles. The normalized spacial score (nSPS) is 13.3. The maximum Gasteiger partial charge on any atom is 0.226 e. The fraction of sp³-hybridized carbons (Fsp3) is 0.500. The predicted molar refractivity (Wildman–Crippen MR) is 85.5 cm³/mol.